The third-order valence-electron chi connectivity index (χ3n) is 10.9. The molecular weight excluding hydrogens is 733 g/mol. The summed E-state index contributed by atoms with van der Waals surface area (Å²) in [5, 5.41) is 0. The second-order valence-electron chi connectivity index (χ2n) is 15.7. The van der Waals surface area contributed by atoms with E-state index in [-0.39, 0.29) is 5.41 Å². The van der Waals surface area contributed by atoms with E-state index >= 15 is 0 Å². The summed E-state index contributed by atoms with van der Waals surface area (Å²) >= 11 is 0. The number of methoxy groups -OCH3 is 6. The van der Waals surface area contributed by atoms with Gasteiger partial charge in [0.15, 0.2) is 0 Å². The van der Waals surface area contributed by atoms with Crippen molar-refractivity contribution in [3.63, 3.8) is 0 Å². The zero-order valence-electron chi connectivity index (χ0n) is 38.2. The molecule has 312 valence electrons. The van der Waals surface area contributed by atoms with Crippen LogP contribution in [0.4, 0.5) is 0 Å². The molecule has 0 aliphatic rings. The standard InChI is InChI=1S/C21H28O2.C18H22O2.C14H14O2/c1-13-9-17(10-14(2)19(13)22-7)21(5,6)18-11-15(3)20(23-8)16(4)12-18;1-11-7-15(8-12(2)17(11)19-5)16-9-13(3)18(20-6)14(4)10-16;1-15-13-7-3-11(4-8-13)12-5-9-14(16-2)10-6-12/h9-12H,1-8H3;7-10H,1-6H3;3-10H,1-2H3. The largest absolute Gasteiger partial charge is 0.497 e. The first kappa shape index (κ1) is 45.8. The Labute approximate surface area is 354 Å². The highest BCUT2D eigenvalue weighted by Crippen LogP contribution is 2.39. The molecule has 0 aliphatic carbocycles. The fraction of sp³-hybridized carbons (Fsp3) is 0.321. The maximum atomic E-state index is 5.50. The lowest BCUT2D eigenvalue weighted by atomic mass is 9.76. The van der Waals surface area contributed by atoms with Crippen LogP contribution in [-0.4, -0.2) is 42.7 Å². The van der Waals surface area contributed by atoms with E-state index in [0.717, 1.165) is 56.8 Å². The number of rotatable bonds is 10. The minimum atomic E-state index is -0.0798. The molecule has 0 N–H and O–H groups in total. The van der Waals surface area contributed by atoms with Crippen LogP contribution in [0.25, 0.3) is 22.3 Å². The van der Waals surface area contributed by atoms with Gasteiger partial charge in [-0.15, -0.1) is 0 Å². The van der Waals surface area contributed by atoms with Gasteiger partial charge in [0.1, 0.15) is 34.5 Å². The molecule has 6 aromatic carbocycles. The molecule has 0 bridgehead atoms. The molecule has 6 aromatic rings. The Morgan fingerprint density at radius 1 is 0.288 bits per heavy atom. The van der Waals surface area contributed by atoms with Crippen LogP contribution in [0.15, 0.2) is 97.1 Å². The first-order valence-electron chi connectivity index (χ1n) is 19.9. The molecule has 6 heteroatoms. The molecule has 0 spiro atoms. The Morgan fingerprint density at radius 2 is 0.508 bits per heavy atom. The third kappa shape index (κ3) is 10.8. The second-order valence-corrected chi connectivity index (χ2v) is 15.7. The first-order chi connectivity index (χ1) is 28.0. The highest BCUT2D eigenvalue weighted by atomic mass is 16.5. The van der Waals surface area contributed by atoms with Gasteiger partial charge in [0.2, 0.25) is 0 Å². The molecule has 0 saturated heterocycles. The van der Waals surface area contributed by atoms with E-state index < -0.39 is 0 Å². The Hall–Kier alpha value is -5.88. The van der Waals surface area contributed by atoms with E-state index in [9.17, 15) is 0 Å². The molecule has 0 amide bonds. The van der Waals surface area contributed by atoms with Crippen molar-refractivity contribution in [2.75, 3.05) is 42.7 Å². The number of hydrogen-bond donors (Lipinski definition) is 0. The average molecular weight is 797 g/mol. The van der Waals surface area contributed by atoms with Gasteiger partial charge in [-0.05, 0) is 182 Å². The topological polar surface area (TPSA) is 55.4 Å². The van der Waals surface area contributed by atoms with Crippen molar-refractivity contribution in [2.45, 2.75) is 74.7 Å². The summed E-state index contributed by atoms with van der Waals surface area (Å²) in [6.07, 6.45) is 0. The van der Waals surface area contributed by atoms with Crippen molar-refractivity contribution in [3.05, 3.63) is 153 Å². The van der Waals surface area contributed by atoms with Crippen molar-refractivity contribution in [3.8, 4) is 56.8 Å². The van der Waals surface area contributed by atoms with Gasteiger partial charge in [-0.1, -0.05) is 62.4 Å². The number of ether oxygens (including phenoxy) is 6. The van der Waals surface area contributed by atoms with Crippen LogP contribution < -0.4 is 28.4 Å². The predicted octanol–water partition coefficient (Wildman–Crippen LogP) is 13.2. The van der Waals surface area contributed by atoms with Gasteiger partial charge in [0.05, 0.1) is 42.7 Å². The summed E-state index contributed by atoms with van der Waals surface area (Å²) in [5.41, 5.74) is 16.7. The van der Waals surface area contributed by atoms with Gasteiger partial charge in [-0.3, -0.25) is 0 Å². The Bertz CT molecular complexity index is 2080. The van der Waals surface area contributed by atoms with Gasteiger partial charge in [-0.2, -0.15) is 0 Å². The lowest BCUT2D eigenvalue weighted by Gasteiger charge is -2.29. The second kappa shape index (κ2) is 20.2. The quantitative estimate of drug-likeness (QED) is 0.138. The SMILES string of the molecule is COc1c(C)cc(-c2cc(C)c(OC)c(C)c2)cc1C.COc1c(C)cc(C(C)(C)c2cc(C)c(OC)c(C)c2)cc1C.COc1ccc(-c2ccc(OC)cc2)cc1. The van der Waals surface area contributed by atoms with Crippen molar-refractivity contribution in [1.29, 1.82) is 0 Å². The summed E-state index contributed by atoms with van der Waals surface area (Å²) in [5.74, 6) is 5.64. The minimum absolute atomic E-state index is 0.0798. The molecule has 59 heavy (non-hydrogen) atoms. The van der Waals surface area contributed by atoms with Crippen LogP contribution in [0, 0.1) is 55.4 Å². The van der Waals surface area contributed by atoms with E-state index in [0.29, 0.717) is 0 Å². The maximum Gasteiger partial charge on any atom is 0.124 e. The van der Waals surface area contributed by atoms with Crippen molar-refractivity contribution in [2.24, 2.45) is 0 Å². The van der Waals surface area contributed by atoms with Gasteiger partial charge in [0.25, 0.3) is 0 Å². The Balaban J connectivity index is 0.000000198. The zero-order valence-corrected chi connectivity index (χ0v) is 38.2. The van der Waals surface area contributed by atoms with E-state index in [4.69, 9.17) is 28.4 Å². The minimum Gasteiger partial charge on any atom is -0.497 e. The average Bonchev–Trinajstić information content (AvgIpc) is 3.21. The van der Waals surface area contributed by atoms with E-state index in [2.05, 4.69) is 118 Å². The lowest BCUT2D eigenvalue weighted by Crippen LogP contribution is -2.20. The smallest absolute Gasteiger partial charge is 0.124 e. The highest BCUT2D eigenvalue weighted by Gasteiger charge is 2.26. The molecule has 6 nitrogen and oxygen atoms in total. The van der Waals surface area contributed by atoms with Crippen LogP contribution in [-0.2, 0) is 5.41 Å². The summed E-state index contributed by atoms with van der Waals surface area (Å²) in [7, 11) is 10.2. The molecule has 0 aromatic heterocycles. The third-order valence-corrected chi connectivity index (χ3v) is 10.9. The summed E-state index contributed by atoms with van der Waals surface area (Å²) < 4.78 is 32.1. The van der Waals surface area contributed by atoms with Crippen LogP contribution >= 0.6 is 0 Å². The Kier molecular flexibility index (Phi) is 15.7. The van der Waals surface area contributed by atoms with Crippen LogP contribution in [0.3, 0.4) is 0 Å². The first-order valence-corrected chi connectivity index (χ1v) is 19.9. The maximum absolute atomic E-state index is 5.50. The van der Waals surface area contributed by atoms with E-state index in [1.165, 1.54) is 55.6 Å². The number of benzene rings is 6. The fourth-order valence-corrected chi connectivity index (χ4v) is 7.88. The molecule has 0 radical (unpaired) electrons. The molecule has 0 unspecified atom stereocenters. The molecular formula is C53H64O6. The molecule has 0 saturated carbocycles. The summed E-state index contributed by atoms with van der Waals surface area (Å²) in [6, 6.07) is 33.6. The van der Waals surface area contributed by atoms with Crippen molar-refractivity contribution in [1.82, 2.24) is 0 Å². The normalized spacial score (nSPS) is 10.7. The number of hydrogen-bond acceptors (Lipinski definition) is 6. The van der Waals surface area contributed by atoms with Gasteiger partial charge < -0.3 is 28.4 Å². The zero-order chi connectivity index (χ0) is 43.6. The van der Waals surface area contributed by atoms with Gasteiger partial charge >= 0.3 is 0 Å². The van der Waals surface area contributed by atoms with Crippen LogP contribution in [0.1, 0.15) is 69.5 Å². The molecule has 0 atom stereocenters. The predicted molar refractivity (Wildman–Crippen MR) is 246 cm³/mol. The van der Waals surface area contributed by atoms with Crippen LogP contribution in [0.5, 0.6) is 34.5 Å². The van der Waals surface area contributed by atoms with Crippen LogP contribution in [0.2, 0.25) is 0 Å². The molecule has 0 fully saturated rings. The number of aryl methyl sites for hydroxylation is 8. The summed E-state index contributed by atoms with van der Waals surface area (Å²) in [4.78, 5) is 0. The van der Waals surface area contributed by atoms with E-state index in [1.807, 2.05) is 48.5 Å². The molecule has 0 heterocycles. The summed E-state index contributed by atoms with van der Waals surface area (Å²) in [6.45, 7) is 21.3. The Morgan fingerprint density at radius 3 is 0.712 bits per heavy atom. The lowest BCUT2D eigenvalue weighted by molar-refractivity contribution is 0.407. The van der Waals surface area contributed by atoms with Crippen molar-refractivity contribution >= 4 is 0 Å². The van der Waals surface area contributed by atoms with Gasteiger partial charge in [-0.25, -0.2) is 0 Å². The van der Waals surface area contributed by atoms with Gasteiger partial charge in [0, 0.05) is 5.41 Å². The molecule has 0 aliphatic heterocycles. The van der Waals surface area contributed by atoms with Crippen molar-refractivity contribution < 1.29 is 28.4 Å². The monoisotopic (exact) mass is 796 g/mol. The molecule has 6 rings (SSSR count). The highest BCUT2D eigenvalue weighted by molar-refractivity contribution is 5.70. The van der Waals surface area contributed by atoms with E-state index in [1.54, 1.807) is 42.7 Å². The fourth-order valence-electron chi connectivity index (χ4n) is 7.88.